The number of H-pyrrole nitrogens is 1. The third kappa shape index (κ3) is 8.63. The predicted octanol–water partition coefficient (Wildman–Crippen LogP) is -0.954. The Morgan fingerprint density at radius 3 is 2.35 bits per heavy atom. The summed E-state index contributed by atoms with van der Waals surface area (Å²) in [5, 5.41) is 18.6. The van der Waals surface area contributed by atoms with Crippen molar-refractivity contribution in [3.8, 4) is 0 Å². The zero-order chi connectivity index (χ0) is 27.8. The van der Waals surface area contributed by atoms with Crippen LogP contribution in [0, 0.1) is 6.92 Å². The molecule has 4 unspecified atom stereocenters. The molecule has 1 aromatic rings. The molecule has 3 rings (SSSR count). The van der Waals surface area contributed by atoms with Gasteiger partial charge in [-0.1, -0.05) is 0 Å². The SMILES string of the molecule is Cc1cn([C@H]2CC(SC3C[C@H](O)[C@@H](CO)O3)[C@@H](COP(=O)(O)OP(=O)(O)OP(=O)(O)O)O2)c(=O)[nH]c1=O. The molecule has 22 heteroatoms. The minimum Gasteiger partial charge on any atom is -0.394 e. The number of phosphoric acid groups is 3. The van der Waals surface area contributed by atoms with E-state index in [1.165, 1.54) is 13.1 Å². The highest BCUT2D eigenvalue weighted by Gasteiger charge is 2.45. The molecule has 2 saturated heterocycles. The average Bonchev–Trinajstić information content (AvgIpc) is 3.29. The van der Waals surface area contributed by atoms with Crippen molar-refractivity contribution in [1.82, 2.24) is 9.55 Å². The monoisotopic (exact) mass is 614 g/mol. The summed E-state index contributed by atoms with van der Waals surface area (Å²) in [6.45, 7) is 0.225. The summed E-state index contributed by atoms with van der Waals surface area (Å²) in [6, 6.07) is 0. The Balaban J connectivity index is 1.76. The minimum atomic E-state index is -5.73. The molecule has 0 spiro atoms. The maximum absolute atomic E-state index is 12.3. The molecule has 8 atom stereocenters. The quantitative estimate of drug-likeness (QED) is 0.148. The van der Waals surface area contributed by atoms with Crippen LogP contribution in [0.5, 0.6) is 0 Å². The maximum Gasteiger partial charge on any atom is 0.490 e. The van der Waals surface area contributed by atoms with Crippen LogP contribution in [0.4, 0.5) is 0 Å². The molecular formula is C15H25N2O16P3S. The van der Waals surface area contributed by atoms with Gasteiger partial charge >= 0.3 is 29.2 Å². The Kier molecular flexibility index (Phi) is 9.83. The second-order valence-corrected chi connectivity index (χ2v) is 13.8. The van der Waals surface area contributed by atoms with Gasteiger partial charge < -0.3 is 39.3 Å². The minimum absolute atomic E-state index is 0.0697. The molecular weight excluding hydrogens is 589 g/mol. The normalized spacial score (nSPS) is 31.8. The molecule has 0 radical (unpaired) electrons. The first-order valence-electron chi connectivity index (χ1n) is 10.3. The zero-order valence-electron chi connectivity index (χ0n) is 18.8. The standard InChI is InChI=1S/C15H25N2O16P3S/c1-7-4-17(15(21)16-14(7)20)12-3-11(37-13-2-8(19)9(5-18)31-13)10(30-12)6-29-35(25,26)33-36(27,28)32-34(22,23)24/h4,8-13,18-19H,2-3,5-6H2,1H3,(H,25,26)(H,27,28)(H,16,20,21)(H2,22,23,24)/t8-,9+,10+,11?,12+,13?/m0/s1. The third-order valence-electron chi connectivity index (χ3n) is 5.15. The number of hydrogen-bond donors (Lipinski definition) is 7. The van der Waals surface area contributed by atoms with Crippen molar-refractivity contribution in [3.63, 3.8) is 0 Å². The van der Waals surface area contributed by atoms with Gasteiger partial charge in [0.1, 0.15) is 17.8 Å². The molecule has 7 N–H and O–H groups in total. The largest absolute Gasteiger partial charge is 0.490 e. The van der Waals surface area contributed by atoms with Gasteiger partial charge in [0.05, 0.1) is 25.4 Å². The number of aromatic amines is 1. The van der Waals surface area contributed by atoms with E-state index >= 15 is 0 Å². The number of nitrogens with one attached hydrogen (secondary N) is 1. The van der Waals surface area contributed by atoms with E-state index in [0.29, 0.717) is 0 Å². The van der Waals surface area contributed by atoms with Crippen LogP contribution in [0.3, 0.4) is 0 Å². The molecule has 212 valence electrons. The van der Waals surface area contributed by atoms with Gasteiger partial charge in [-0.25, -0.2) is 18.5 Å². The molecule has 18 nitrogen and oxygen atoms in total. The van der Waals surface area contributed by atoms with E-state index in [1.54, 1.807) is 0 Å². The van der Waals surface area contributed by atoms with E-state index in [0.717, 1.165) is 16.3 Å². The number of thioether (sulfide) groups is 1. The molecule has 2 aliphatic rings. The van der Waals surface area contributed by atoms with E-state index < -0.39 is 83.2 Å². The Morgan fingerprint density at radius 2 is 1.76 bits per heavy atom. The van der Waals surface area contributed by atoms with Gasteiger partial charge in [0, 0.05) is 29.9 Å². The Hall–Kier alpha value is -0.720. The van der Waals surface area contributed by atoms with Crippen molar-refractivity contribution < 1.29 is 66.1 Å². The fourth-order valence-corrected chi connectivity index (χ4v) is 8.10. The van der Waals surface area contributed by atoms with E-state index in [2.05, 4.69) is 18.1 Å². The highest BCUT2D eigenvalue weighted by atomic mass is 32.2. The van der Waals surface area contributed by atoms with Crippen molar-refractivity contribution in [1.29, 1.82) is 0 Å². The summed E-state index contributed by atoms with van der Waals surface area (Å²) in [4.78, 5) is 62.5. The molecule has 37 heavy (non-hydrogen) atoms. The Morgan fingerprint density at radius 1 is 1.08 bits per heavy atom. The molecule has 0 saturated carbocycles. The van der Waals surface area contributed by atoms with Gasteiger partial charge in [-0.15, -0.1) is 11.8 Å². The molecule has 2 aliphatic heterocycles. The van der Waals surface area contributed by atoms with Crippen molar-refractivity contribution in [3.05, 3.63) is 32.6 Å². The van der Waals surface area contributed by atoms with Crippen molar-refractivity contribution in [2.75, 3.05) is 13.2 Å². The Labute approximate surface area is 212 Å². The lowest BCUT2D eigenvalue weighted by Crippen LogP contribution is -2.33. The number of aromatic nitrogens is 2. The lowest BCUT2D eigenvalue weighted by molar-refractivity contribution is -0.0239. The fraction of sp³-hybridized carbons (Fsp3) is 0.733. The fourth-order valence-electron chi connectivity index (χ4n) is 3.57. The van der Waals surface area contributed by atoms with Gasteiger partial charge in [0.2, 0.25) is 0 Å². The predicted molar refractivity (Wildman–Crippen MR) is 122 cm³/mol. The number of aryl methyl sites for hydroxylation is 1. The number of rotatable bonds is 11. The van der Waals surface area contributed by atoms with E-state index in [1.807, 2.05) is 0 Å². The summed E-state index contributed by atoms with van der Waals surface area (Å²) in [7, 11) is -16.7. The van der Waals surface area contributed by atoms with Gasteiger partial charge in [-0.3, -0.25) is 18.9 Å². The van der Waals surface area contributed by atoms with Gasteiger partial charge in [-0.05, 0) is 6.92 Å². The van der Waals surface area contributed by atoms with Crippen molar-refractivity contribution >= 4 is 35.2 Å². The van der Waals surface area contributed by atoms with Crippen LogP contribution in [0.15, 0.2) is 15.8 Å². The number of phosphoric ester groups is 1. The molecule has 0 aliphatic carbocycles. The lowest BCUT2D eigenvalue weighted by Gasteiger charge is -2.22. The second-order valence-electron chi connectivity index (χ2n) is 7.99. The van der Waals surface area contributed by atoms with Crippen molar-refractivity contribution in [2.45, 2.75) is 55.0 Å². The first-order valence-corrected chi connectivity index (χ1v) is 15.8. The van der Waals surface area contributed by atoms with E-state index in [4.69, 9.17) is 19.3 Å². The zero-order valence-corrected chi connectivity index (χ0v) is 22.3. The number of aliphatic hydroxyl groups excluding tert-OH is 2. The van der Waals surface area contributed by atoms with Crippen LogP contribution in [-0.4, -0.2) is 81.5 Å². The highest BCUT2D eigenvalue weighted by Crippen LogP contribution is 2.66. The van der Waals surface area contributed by atoms with Crippen LogP contribution < -0.4 is 11.2 Å². The summed E-state index contributed by atoms with van der Waals surface area (Å²) in [5.41, 5.74) is -1.87. The summed E-state index contributed by atoms with van der Waals surface area (Å²) < 4.78 is 58.9. The van der Waals surface area contributed by atoms with Crippen LogP contribution in [-0.2, 0) is 36.3 Å². The number of nitrogens with zero attached hydrogens (tertiary/aromatic N) is 1. The van der Waals surface area contributed by atoms with Gasteiger partial charge in [0.15, 0.2) is 0 Å². The smallest absolute Gasteiger partial charge is 0.394 e. The first-order chi connectivity index (χ1) is 17.0. The highest BCUT2D eigenvalue weighted by molar-refractivity contribution is 8.00. The van der Waals surface area contributed by atoms with Gasteiger partial charge in [-0.2, -0.15) is 8.62 Å². The van der Waals surface area contributed by atoms with Gasteiger partial charge in [0.25, 0.3) is 5.56 Å². The average molecular weight is 614 g/mol. The summed E-state index contributed by atoms with van der Waals surface area (Å²) >= 11 is 1.10. The third-order valence-corrected chi connectivity index (χ3v) is 10.4. The van der Waals surface area contributed by atoms with Crippen LogP contribution in [0.25, 0.3) is 0 Å². The molecule has 0 aromatic carbocycles. The van der Waals surface area contributed by atoms with Crippen molar-refractivity contribution in [2.24, 2.45) is 0 Å². The molecule has 3 heterocycles. The molecule has 2 fully saturated rings. The van der Waals surface area contributed by atoms with Crippen LogP contribution >= 0.6 is 35.2 Å². The molecule has 0 amide bonds. The molecule has 0 bridgehead atoms. The van der Waals surface area contributed by atoms with E-state index in [-0.39, 0.29) is 18.4 Å². The first kappa shape index (κ1) is 30.8. The number of aliphatic hydroxyl groups is 2. The van der Waals surface area contributed by atoms with Crippen LogP contribution in [0.1, 0.15) is 24.6 Å². The summed E-state index contributed by atoms with van der Waals surface area (Å²) in [6.07, 6.45) is -2.47. The Bertz CT molecular complexity index is 1230. The molecule has 1 aromatic heterocycles. The van der Waals surface area contributed by atoms with Crippen LogP contribution in [0.2, 0.25) is 0 Å². The second kappa shape index (κ2) is 11.8. The number of ether oxygens (including phenoxy) is 2. The topological polar surface area (TPSA) is 274 Å². The number of hydrogen-bond acceptors (Lipinski definition) is 13. The lowest BCUT2D eigenvalue weighted by atomic mass is 10.2. The summed E-state index contributed by atoms with van der Waals surface area (Å²) in [5.74, 6) is 0. The maximum atomic E-state index is 12.3. The van der Waals surface area contributed by atoms with E-state index in [9.17, 15) is 43.3 Å².